The maximum atomic E-state index is 5.34. The van der Waals surface area contributed by atoms with Gasteiger partial charge in [-0.3, -0.25) is 0 Å². The fraction of sp³-hybridized carbons (Fsp3) is 1.00. The first-order valence-electron chi connectivity index (χ1n) is 8.98. The van der Waals surface area contributed by atoms with Crippen LogP contribution < -0.4 is 0 Å². The van der Waals surface area contributed by atoms with Crippen molar-refractivity contribution in [3.8, 4) is 0 Å². The van der Waals surface area contributed by atoms with E-state index >= 15 is 0 Å². The van der Waals surface area contributed by atoms with Crippen molar-refractivity contribution in [2.45, 2.75) is 103 Å². The summed E-state index contributed by atoms with van der Waals surface area (Å²) in [5, 5.41) is 0. The first kappa shape index (κ1) is 17.0. The molecule has 0 radical (unpaired) electrons. The Balaban J connectivity index is 1.77. The second-order valence-corrected chi connectivity index (χ2v) is 6.44. The molecule has 0 saturated carbocycles. The third-order valence-corrected chi connectivity index (χ3v) is 4.54. The molecule has 1 aliphatic heterocycles. The number of epoxide rings is 1. The first-order chi connectivity index (χ1) is 9.36. The molecular weight excluding hydrogens is 232 g/mol. The zero-order valence-electron chi connectivity index (χ0n) is 13.5. The second-order valence-electron chi connectivity index (χ2n) is 6.44. The second kappa shape index (κ2) is 11.8. The summed E-state index contributed by atoms with van der Waals surface area (Å²) in [6.45, 7) is 5.66. The van der Waals surface area contributed by atoms with Crippen LogP contribution in [0, 0.1) is 5.92 Å². The van der Waals surface area contributed by atoms with Crippen molar-refractivity contribution < 1.29 is 4.74 Å². The van der Waals surface area contributed by atoms with Gasteiger partial charge in [-0.2, -0.15) is 0 Å². The summed E-state index contributed by atoms with van der Waals surface area (Å²) in [5.41, 5.74) is 0. The molecule has 2 atom stereocenters. The maximum absolute atomic E-state index is 5.34. The molecule has 0 N–H and O–H groups in total. The molecule has 1 heterocycles. The third kappa shape index (κ3) is 10.4. The maximum Gasteiger partial charge on any atom is 0.0812 e. The van der Waals surface area contributed by atoms with Gasteiger partial charge in [0.15, 0.2) is 0 Å². The van der Waals surface area contributed by atoms with Crippen LogP contribution in [0.25, 0.3) is 0 Å². The number of hydrogen-bond acceptors (Lipinski definition) is 1. The lowest BCUT2D eigenvalue weighted by Crippen LogP contribution is -2.03. The van der Waals surface area contributed by atoms with Gasteiger partial charge in [0.05, 0.1) is 12.7 Å². The third-order valence-electron chi connectivity index (χ3n) is 4.54. The van der Waals surface area contributed by atoms with Gasteiger partial charge in [-0.25, -0.2) is 0 Å². The van der Waals surface area contributed by atoms with Crippen molar-refractivity contribution in [3.05, 3.63) is 0 Å². The SMILES string of the molecule is CCCCCCCCCCCCC(CC)CC1CO1. The van der Waals surface area contributed by atoms with Crippen LogP contribution in [0.2, 0.25) is 0 Å². The summed E-state index contributed by atoms with van der Waals surface area (Å²) in [7, 11) is 0. The lowest BCUT2D eigenvalue weighted by molar-refractivity contribution is 0.329. The molecule has 0 aromatic carbocycles. The lowest BCUT2D eigenvalue weighted by atomic mass is 9.93. The molecule has 0 spiro atoms. The zero-order valence-corrected chi connectivity index (χ0v) is 13.5. The van der Waals surface area contributed by atoms with Gasteiger partial charge in [-0.05, 0) is 12.3 Å². The van der Waals surface area contributed by atoms with Crippen LogP contribution in [0.5, 0.6) is 0 Å². The minimum Gasteiger partial charge on any atom is -0.373 e. The standard InChI is InChI=1S/C18H36O/c1-3-5-6-7-8-9-10-11-12-13-14-17(4-2)15-18-16-19-18/h17-18H,3-16H2,1-2H3. The van der Waals surface area contributed by atoms with Crippen LogP contribution in [0.3, 0.4) is 0 Å². The molecule has 1 aliphatic rings. The molecule has 2 unspecified atom stereocenters. The summed E-state index contributed by atoms with van der Waals surface area (Å²) < 4.78 is 5.34. The van der Waals surface area contributed by atoms with Gasteiger partial charge in [-0.15, -0.1) is 0 Å². The Labute approximate surface area is 121 Å². The minimum absolute atomic E-state index is 0.632. The predicted molar refractivity (Wildman–Crippen MR) is 84.6 cm³/mol. The molecule has 19 heavy (non-hydrogen) atoms. The summed E-state index contributed by atoms with van der Waals surface area (Å²) in [5.74, 6) is 0.932. The van der Waals surface area contributed by atoms with E-state index in [-0.39, 0.29) is 0 Å². The normalized spacial score (nSPS) is 19.6. The molecule has 1 heteroatoms. The van der Waals surface area contributed by atoms with E-state index in [4.69, 9.17) is 4.74 Å². The van der Waals surface area contributed by atoms with Crippen LogP contribution in [0.1, 0.15) is 97.3 Å². The van der Waals surface area contributed by atoms with Crippen LogP contribution in [-0.4, -0.2) is 12.7 Å². The van der Waals surface area contributed by atoms with Crippen molar-refractivity contribution in [2.75, 3.05) is 6.61 Å². The molecule has 0 bridgehead atoms. The van der Waals surface area contributed by atoms with E-state index in [0.717, 1.165) is 12.5 Å². The van der Waals surface area contributed by atoms with Crippen molar-refractivity contribution in [2.24, 2.45) is 5.92 Å². The van der Waals surface area contributed by atoms with Gasteiger partial charge in [0.25, 0.3) is 0 Å². The van der Waals surface area contributed by atoms with E-state index in [1.807, 2.05) is 0 Å². The topological polar surface area (TPSA) is 12.5 Å². The summed E-state index contributed by atoms with van der Waals surface area (Å²) in [4.78, 5) is 0. The monoisotopic (exact) mass is 268 g/mol. The highest BCUT2D eigenvalue weighted by molar-refractivity contribution is 4.73. The average molecular weight is 268 g/mol. The summed E-state index contributed by atoms with van der Waals surface area (Å²) >= 11 is 0. The molecule has 1 nitrogen and oxygen atoms in total. The highest BCUT2D eigenvalue weighted by Crippen LogP contribution is 2.25. The Bertz CT molecular complexity index is 186. The smallest absolute Gasteiger partial charge is 0.0812 e. The van der Waals surface area contributed by atoms with Gasteiger partial charge < -0.3 is 4.74 Å². The molecule has 0 amide bonds. The number of hydrogen-bond donors (Lipinski definition) is 0. The zero-order chi connectivity index (χ0) is 13.8. The van der Waals surface area contributed by atoms with Gasteiger partial charge in [0, 0.05) is 0 Å². The molecule has 0 aliphatic carbocycles. The van der Waals surface area contributed by atoms with E-state index in [9.17, 15) is 0 Å². The van der Waals surface area contributed by atoms with Crippen LogP contribution in [0.4, 0.5) is 0 Å². The Morgan fingerprint density at radius 1 is 0.842 bits per heavy atom. The molecule has 114 valence electrons. The molecule has 1 fully saturated rings. The van der Waals surface area contributed by atoms with Crippen LogP contribution in [0.15, 0.2) is 0 Å². The van der Waals surface area contributed by atoms with E-state index in [1.54, 1.807) is 0 Å². The van der Waals surface area contributed by atoms with Gasteiger partial charge >= 0.3 is 0 Å². The van der Waals surface area contributed by atoms with Crippen molar-refractivity contribution in [1.82, 2.24) is 0 Å². The van der Waals surface area contributed by atoms with Crippen molar-refractivity contribution in [3.63, 3.8) is 0 Å². The first-order valence-corrected chi connectivity index (χ1v) is 8.98. The van der Waals surface area contributed by atoms with E-state index < -0.39 is 0 Å². The van der Waals surface area contributed by atoms with Crippen molar-refractivity contribution in [1.29, 1.82) is 0 Å². The molecule has 1 saturated heterocycles. The predicted octanol–water partition coefficient (Wildman–Crippen LogP) is 6.11. The van der Waals surface area contributed by atoms with Gasteiger partial charge in [-0.1, -0.05) is 90.9 Å². The van der Waals surface area contributed by atoms with E-state index in [2.05, 4.69) is 13.8 Å². The Kier molecular flexibility index (Phi) is 10.5. The van der Waals surface area contributed by atoms with Gasteiger partial charge in [0.2, 0.25) is 0 Å². The van der Waals surface area contributed by atoms with E-state index in [1.165, 1.54) is 83.5 Å². The number of ether oxygens (including phenoxy) is 1. The van der Waals surface area contributed by atoms with Crippen LogP contribution in [-0.2, 0) is 4.74 Å². The summed E-state index contributed by atoms with van der Waals surface area (Å²) in [6, 6.07) is 0. The molecule has 1 rings (SSSR count). The highest BCUT2D eigenvalue weighted by Gasteiger charge is 2.25. The van der Waals surface area contributed by atoms with Gasteiger partial charge in [0.1, 0.15) is 0 Å². The molecular formula is C18H36O. The Hall–Kier alpha value is -0.0400. The van der Waals surface area contributed by atoms with Crippen LogP contribution >= 0.6 is 0 Å². The summed E-state index contributed by atoms with van der Waals surface area (Å²) in [6.07, 6.45) is 19.2. The van der Waals surface area contributed by atoms with E-state index in [0.29, 0.717) is 6.10 Å². The lowest BCUT2D eigenvalue weighted by Gasteiger charge is -2.12. The Morgan fingerprint density at radius 3 is 1.84 bits per heavy atom. The minimum atomic E-state index is 0.632. The van der Waals surface area contributed by atoms with Crippen molar-refractivity contribution >= 4 is 0 Å². The molecule has 0 aromatic rings. The largest absolute Gasteiger partial charge is 0.373 e. The average Bonchev–Trinajstić information content (AvgIpc) is 3.23. The fourth-order valence-corrected chi connectivity index (χ4v) is 2.99. The fourth-order valence-electron chi connectivity index (χ4n) is 2.99. The quantitative estimate of drug-likeness (QED) is 0.273. The highest BCUT2D eigenvalue weighted by atomic mass is 16.6. The number of rotatable bonds is 14. The Morgan fingerprint density at radius 2 is 1.37 bits per heavy atom. The molecule has 0 aromatic heterocycles. The number of unbranched alkanes of at least 4 members (excludes halogenated alkanes) is 9.